The van der Waals surface area contributed by atoms with E-state index in [0.29, 0.717) is 12.6 Å². The van der Waals surface area contributed by atoms with Gasteiger partial charge in [0.25, 0.3) is 0 Å². The summed E-state index contributed by atoms with van der Waals surface area (Å²) >= 11 is 0. The van der Waals surface area contributed by atoms with Crippen LogP contribution in [0, 0.1) is 0 Å². The molecule has 1 aliphatic heterocycles. The second-order valence-corrected chi connectivity index (χ2v) is 5.19. The normalized spacial score (nSPS) is 28.3. The van der Waals surface area contributed by atoms with Crippen molar-refractivity contribution < 1.29 is 4.74 Å². The van der Waals surface area contributed by atoms with E-state index in [1.54, 1.807) is 0 Å². The Balaban J connectivity index is 1.67. The molecule has 2 atom stereocenters. The third-order valence-electron chi connectivity index (χ3n) is 3.97. The van der Waals surface area contributed by atoms with Crippen molar-refractivity contribution in [1.82, 2.24) is 9.55 Å². The highest BCUT2D eigenvalue weighted by Gasteiger charge is 2.25. The predicted octanol–water partition coefficient (Wildman–Crippen LogP) is 1.27. The van der Waals surface area contributed by atoms with Crippen molar-refractivity contribution >= 4 is 0 Å². The first-order valence-electron chi connectivity index (χ1n) is 6.75. The number of aryl methyl sites for hydroxylation is 1. The molecule has 4 nitrogen and oxygen atoms in total. The van der Waals surface area contributed by atoms with Crippen LogP contribution < -0.4 is 5.73 Å². The molecule has 0 saturated carbocycles. The molecule has 17 heavy (non-hydrogen) atoms. The SMILES string of the molecule is NCC1CCC(Cn2cnc3c2CCCC3)O1. The zero-order chi connectivity index (χ0) is 11.7. The Kier molecular flexibility index (Phi) is 3.16. The minimum Gasteiger partial charge on any atom is -0.372 e. The summed E-state index contributed by atoms with van der Waals surface area (Å²) in [4.78, 5) is 4.52. The Morgan fingerprint density at radius 1 is 1.29 bits per heavy atom. The Labute approximate surface area is 102 Å². The van der Waals surface area contributed by atoms with Gasteiger partial charge in [0, 0.05) is 12.2 Å². The first kappa shape index (κ1) is 11.2. The molecule has 1 fully saturated rings. The summed E-state index contributed by atoms with van der Waals surface area (Å²) in [6.07, 6.45) is 9.78. The van der Waals surface area contributed by atoms with Gasteiger partial charge in [0.1, 0.15) is 0 Å². The summed E-state index contributed by atoms with van der Waals surface area (Å²) in [5.41, 5.74) is 8.39. The molecule has 94 valence electrons. The fourth-order valence-electron chi connectivity index (χ4n) is 3.00. The molecule has 1 aliphatic carbocycles. The molecular weight excluding hydrogens is 214 g/mol. The second kappa shape index (κ2) is 4.78. The number of nitrogens with zero attached hydrogens (tertiary/aromatic N) is 2. The van der Waals surface area contributed by atoms with Crippen molar-refractivity contribution in [3.63, 3.8) is 0 Å². The van der Waals surface area contributed by atoms with Crippen LogP contribution in [0.3, 0.4) is 0 Å². The van der Waals surface area contributed by atoms with Crippen molar-refractivity contribution in [2.75, 3.05) is 6.54 Å². The Morgan fingerprint density at radius 2 is 2.12 bits per heavy atom. The Bertz CT molecular complexity index is 388. The van der Waals surface area contributed by atoms with Crippen molar-refractivity contribution in [3.8, 4) is 0 Å². The molecule has 0 amide bonds. The average molecular weight is 235 g/mol. The van der Waals surface area contributed by atoms with Crippen LogP contribution in [0.2, 0.25) is 0 Å². The van der Waals surface area contributed by atoms with E-state index in [-0.39, 0.29) is 6.10 Å². The van der Waals surface area contributed by atoms with Gasteiger partial charge in [-0.25, -0.2) is 4.98 Å². The first-order valence-corrected chi connectivity index (χ1v) is 6.75. The quantitative estimate of drug-likeness (QED) is 0.858. The van der Waals surface area contributed by atoms with E-state index >= 15 is 0 Å². The van der Waals surface area contributed by atoms with E-state index in [2.05, 4.69) is 9.55 Å². The highest BCUT2D eigenvalue weighted by atomic mass is 16.5. The van der Waals surface area contributed by atoms with Crippen molar-refractivity contribution in [1.29, 1.82) is 0 Å². The lowest BCUT2D eigenvalue weighted by Crippen LogP contribution is -2.23. The molecule has 0 radical (unpaired) electrons. The summed E-state index contributed by atoms with van der Waals surface area (Å²) in [5, 5.41) is 0. The molecule has 0 spiro atoms. The maximum absolute atomic E-state index is 5.90. The maximum atomic E-state index is 5.90. The molecule has 2 heterocycles. The van der Waals surface area contributed by atoms with Crippen LogP contribution in [0.5, 0.6) is 0 Å². The molecule has 2 unspecified atom stereocenters. The largest absolute Gasteiger partial charge is 0.372 e. The Hall–Kier alpha value is -0.870. The van der Waals surface area contributed by atoms with E-state index in [1.165, 1.54) is 30.7 Å². The third-order valence-corrected chi connectivity index (χ3v) is 3.97. The van der Waals surface area contributed by atoms with Gasteiger partial charge in [0.05, 0.1) is 30.8 Å². The van der Waals surface area contributed by atoms with Gasteiger partial charge in [0.2, 0.25) is 0 Å². The first-order chi connectivity index (χ1) is 8.36. The number of fused-ring (bicyclic) bond motifs is 1. The minimum absolute atomic E-state index is 0.277. The predicted molar refractivity (Wildman–Crippen MR) is 65.8 cm³/mol. The average Bonchev–Trinajstić information content (AvgIpc) is 2.97. The molecule has 4 heteroatoms. The molecule has 1 saturated heterocycles. The van der Waals surface area contributed by atoms with E-state index in [4.69, 9.17) is 10.5 Å². The van der Waals surface area contributed by atoms with Gasteiger partial charge in [-0.15, -0.1) is 0 Å². The smallest absolute Gasteiger partial charge is 0.0952 e. The lowest BCUT2D eigenvalue weighted by Gasteiger charge is -2.17. The highest BCUT2D eigenvalue weighted by Crippen LogP contribution is 2.24. The number of imidazole rings is 1. The lowest BCUT2D eigenvalue weighted by molar-refractivity contribution is 0.0401. The van der Waals surface area contributed by atoms with Gasteiger partial charge in [-0.05, 0) is 38.5 Å². The molecule has 2 aliphatic rings. The van der Waals surface area contributed by atoms with Gasteiger partial charge in [-0.1, -0.05) is 0 Å². The van der Waals surface area contributed by atoms with Gasteiger partial charge in [0.15, 0.2) is 0 Å². The summed E-state index contributed by atoms with van der Waals surface area (Å²) in [6, 6.07) is 0. The van der Waals surface area contributed by atoms with Crippen molar-refractivity contribution in [3.05, 3.63) is 17.7 Å². The molecular formula is C13H21N3O. The van der Waals surface area contributed by atoms with Gasteiger partial charge < -0.3 is 15.0 Å². The second-order valence-electron chi connectivity index (χ2n) is 5.19. The van der Waals surface area contributed by atoms with Crippen molar-refractivity contribution in [2.24, 2.45) is 5.73 Å². The van der Waals surface area contributed by atoms with Crippen LogP contribution in [-0.4, -0.2) is 28.3 Å². The van der Waals surface area contributed by atoms with Crippen LogP contribution in [0.4, 0.5) is 0 Å². The number of nitrogens with two attached hydrogens (primary N) is 1. The topological polar surface area (TPSA) is 53.1 Å². The summed E-state index contributed by atoms with van der Waals surface area (Å²) in [7, 11) is 0. The number of hydrogen-bond donors (Lipinski definition) is 1. The standard InChI is InChI=1S/C13H21N3O/c14-7-10-5-6-11(17-10)8-16-9-15-12-3-1-2-4-13(12)16/h9-11H,1-8,14H2. The van der Waals surface area contributed by atoms with Gasteiger partial charge in [-0.2, -0.15) is 0 Å². The van der Waals surface area contributed by atoms with E-state index in [0.717, 1.165) is 25.8 Å². The number of hydrogen-bond acceptors (Lipinski definition) is 3. The molecule has 1 aromatic heterocycles. The van der Waals surface area contributed by atoms with Gasteiger partial charge >= 0.3 is 0 Å². The van der Waals surface area contributed by atoms with Gasteiger partial charge in [-0.3, -0.25) is 0 Å². The number of rotatable bonds is 3. The van der Waals surface area contributed by atoms with Crippen LogP contribution in [0.15, 0.2) is 6.33 Å². The van der Waals surface area contributed by atoms with Crippen LogP contribution >= 0.6 is 0 Å². The molecule has 1 aromatic rings. The Morgan fingerprint density at radius 3 is 2.94 bits per heavy atom. The summed E-state index contributed by atoms with van der Waals surface area (Å²) < 4.78 is 8.20. The summed E-state index contributed by atoms with van der Waals surface area (Å²) in [5.74, 6) is 0. The number of aromatic nitrogens is 2. The molecule has 0 aromatic carbocycles. The molecule has 0 bridgehead atoms. The fourth-order valence-corrected chi connectivity index (χ4v) is 3.00. The highest BCUT2D eigenvalue weighted by molar-refractivity contribution is 5.16. The van der Waals surface area contributed by atoms with E-state index in [1.807, 2.05) is 6.33 Å². The molecule has 3 rings (SSSR count). The third kappa shape index (κ3) is 2.24. The fraction of sp³-hybridized carbons (Fsp3) is 0.769. The van der Waals surface area contributed by atoms with Crippen LogP contribution in [-0.2, 0) is 24.1 Å². The zero-order valence-corrected chi connectivity index (χ0v) is 10.3. The monoisotopic (exact) mass is 235 g/mol. The minimum atomic E-state index is 0.277. The van der Waals surface area contributed by atoms with Crippen LogP contribution in [0.1, 0.15) is 37.1 Å². The summed E-state index contributed by atoms with van der Waals surface area (Å²) in [6.45, 7) is 1.61. The zero-order valence-electron chi connectivity index (χ0n) is 10.3. The lowest BCUT2D eigenvalue weighted by atomic mass is 10.0. The number of ether oxygens (including phenoxy) is 1. The van der Waals surface area contributed by atoms with E-state index in [9.17, 15) is 0 Å². The maximum Gasteiger partial charge on any atom is 0.0952 e. The van der Waals surface area contributed by atoms with E-state index < -0.39 is 0 Å². The van der Waals surface area contributed by atoms with Crippen molar-refractivity contribution in [2.45, 2.75) is 57.3 Å². The molecule has 2 N–H and O–H groups in total. The van der Waals surface area contributed by atoms with Crippen LogP contribution in [0.25, 0.3) is 0 Å².